The average molecular weight is 238 g/mol. The Hall–Kier alpha value is -0.0800. The maximum atomic E-state index is 3.64. The highest BCUT2D eigenvalue weighted by atomic mass is 15.2. The van der Waals surface area contributed by atoms with Crippen molar-refractivity contribution in [2.45, 2.75) is 77.4 Å². The first-order valence-corrected chi connectivity index (χ1v) is 7.26. The van der Waals surface area contributed by atoms with Crippen molar-refractivity contribution in [3.63, 3.8) is 0 Å². The molecule has 0 radical (unpaired) electrons. The summed E-state index contributed by atoms with van der Waals surface area (Å²) in [6, 6.07) is 1.57. The van der Waals surface area contributed by atoms with E-state index in [2.05, 4.69) is 45.0 Å². The highest BCUT2D eigenvalue weighted by molar-refractivity contribution is 4.96. The molecule has 1 saturated carbocycles. The number of rotatable bonds is 2. The van der Waals surface area contributed by atoms with E-state index in [-0.39, 0.29) is 0 Å². The molecule has 1 atom stereocenters. The van der Waals surface area contributed by atoms with Crippen molar-refractivity contribution < 1.29 is 0 Å². The molecule has 0 bridgehead atoms. The van der Waals surface area contributed by atoms with Gasteiger partial charge in [-0.2, -0.15) is 0 Å². The molecule has 2 aliphatic rings. The average Bonchev–Trinajstić information content (AvgIpc) is 2.58. The molecule has 1 unspecified atom stereocenters. The number of nitrogens with zero attached hydrogens (tertiary/aromatic N) is 1. The van der Waals surface area contributed by atoms with Crippen LogP contribution in [0.4, 0.5) is 0 Å². The van der Waals surface area contributed by atoms with Crippen LogP contribution in [0, 0.1) is 5.41 Å². The summed E-state index contributed by atoms with van der Waals surface area (Å²) in [6.45, 7) is 10.7. The molecule has 0 aromatic heterocycles. The molecule has 2 nitrogen and oxygen atoms in total. The third-order valence-electron chi connectivity index (χ3n) is 5.02. The summed E-state index contributed by atoms with van der Waals surface area (Å²) in [4.78, 5) is 2.66. The second kappa shape index (κ2) is 4.55. The maximum Gasteiger partial charge on any atom is 0.0238 e. The van der Waals surface area contributed by atoms with E-state index in [1.54, 1.807) is 0 Å². The zero-order valence-electron chi connectivity index (χ0n) is 12.3. The van der Waals surface area contributed by atoms with Crippen molar-refractivity contribution in [1.82, 2.24) is 10.2 Å². The Morgan fingerprint density at radius 3 is 2.06 bits per heavy atom. The maximum absolute atomic E-state index is 3.64. The molecule has 0 aromatic rings. The van der Waals surface area contributed by atoms with Crippen LogP contribution in [0.25, 0.3) is 0 Å². The van der Waals surface area contributed by atoms with Gasteiger partial charge >= 0.3 is 0 Å². The van der Waals surface area contributed by atoms with Crippen molar-refractivity contribution in [2.24, 2.45) is 5.41 Å². The molecule has 2 fully saturated rings. The van der Waals surface area contributed by atoms with Gasteiger partial charge in [0.05, 0.1) is 0 Å². The monoisotopic (exact) mass is 238 g/mol. The molecule has 1 heterocycles. The van der Waals surface area contributed by atoms with Gasteiger partial charge in [0.15, 0.2) is 0 Å². The second-order valence-corrected chi connectivity index (χ2v) is 7.68. The molecule has 0 aromatic carbocycles. The molecule has 1 aliphatic carbocycles. The van der Waals surface area contributed by atoms with Crippen molar-refractivity contribution in [2.75, 3.05) is 13.6 Å². The van der Waals surface area contributed by atoms with Gasteiger partial charge in [-0.05, 0) is 58.4 Å². The lowest BCUT2D eigenvalue weighted by molar-refractivity contribution is 0.0983. The predicted molar refractivity (Wildman–Crippen MR) is 74.3 cm³/mol. The molecule has 2 heteroatoms. The lowest BCUT2D eigenvalue weighted by Gasteiger charge is -2.41. The molecule has 2 rings (SSSR count). The molecule has 0 amide bonds. The van der Waals surface area contributed by atoms with Crippen LogP contribution in [0.1, 0.15) is 59.8 Å². The molecule has 17 heavy (non-hydrogen) atoms. The first kappa shape index (κ1) is 13.4. The number of nitrogens with one attached hydrogen (secondary N) is 1. The van der Waals surface area contributed by atoms with Crippen molar-refractivity contribution in [3.05, 3.63) is 0 Å². The lowest BCUT2D eigenvalue weighted by atomic mass is 9.75. The summed E-state index contributed by atoms with van der Waals surface area (Å²) in [5.74, 6) is 0. The smallest absolute Gasteiger partial charge is 0.0238 e. The molecule has 0 spiro atoms. The summed E-state index contributed by atoms with van der Waals surface area (Å²) in [5.41, 5.74) is 0.928. The van der Waals surface area contributed by atoms with Crippen LogP contribution in [0.3, 0.4) is 0 Å². The van der Waals surface area contributed by atoms with Gasteiger partial charge in [-0.15, -0.1) is 0 Å². The second-order valence-electron chi connectivity index (χ2n) is 7.68. The van der Waals surface area contributed by atoms with E-state index in [0.717, 1.165) is 12.1 Å². The first-order valence-electron chi connectivity index (χ1n) is 7.26. The Bertz CT molecular complexity index is 260. The Balaban J connectivity index is 1.87. The Morgan fingerprint density at radius 2 is 1.59 bits per heavy atom. The largest absolute Gasteiger partial charge is 0.310 e. The fraction of sp³-hybridized carbons (Fsp3) is 1.00. The molecular formula is C15H30N2. The van der Waals surface area contributed by atoms with E-state index < -0.39 is 0 Å². The normalized spacial score (nSPS) is 33.2. The predicted octanol–water partition coefficient (Wildman–Crippen LogP) is 3.03. The fourth-order valence-electron chi connectivity index (χ4n) is 3.50. The van der Waals surface area contributed by atoms with Crippen molar-refractivity contribution in [1.29, 1.82) is 0 Å². The molecule has 1 N–H and O–H groups in total. The summed E-state index contributed by atoms with van der Waals surface area (Å²) in [6.07, 6.45) is 6.86. The number of hydrogen-bond acceptors (Lipinski definition) is 2. The zero-order chi connectivity index (χ0) is 12.7. The summed E-state index contributed by atoms with van der Waals surface area (Å²) in [7, 11) is 2.34. The Kier molecular flexibility index (Phi) is 3.57. The van der Waals surface area contributed by atoms with E-state index in [1.807, 2.05) is 0 Å². The van der Waals surface area contributed by atoms with Gasteiger partial charge in [0, 0.05) is 24.2 Å². The van der Waals surface area contributed by atoms with Crippen LogP contribution < -0.4 is 5.32 Å². The van der Waals surface area contributed by atoms with E-state index >= 15 is 0 Å². The fourth-order valence-corrected chi connectivity index (χ4v) is 3.50. The third-order valence-corrected chi connectivity index (χ3v) is 5.02. The van der Waals surface area contributed by atoms with Crippen molar-refractivity contribution >= 4 is 0 Å². The van der Waals surface area contributed by atoms with Gasteiger partial charge in [0.1, 0.15) is 0 Å². The minimum absolute atomic E-state index is 0.340. The van der Waals surface area contributed by atoms with Crippen LogP contribution >= 0.6 is 0 Å². The van der Waals surface area contributed by atoms with Crippen molar-refractivity contribution in [3.8, 4) is 0 Å². The first-order chi connectivity index (χ1) is 7.79. The summed E-state index contributed by atoms with van der Waals surface area (Å²) in [5, 5.41) is 3.64. The van der Waals surface area contributed by atoms with Gasteiger partial charge < -0.3 is 5.32 Å². The lowest BCUT2D eigenvalue weighted by Crippen LogP contribution is -2.44. The van der Waals surface area contributed by atoms with Gasteiger partial charge in [-0.1, -0.05) is 13.8 Å². The minimum Gasteiger partial charge on any atom is -0.310 e. The number of likely N-dealkylation sites (N-methyl/N-ethyl adjacent to an activating group) is 1. The molecule has 1 saturated heterocycles. The SMILES string of the molecule is CN(C1CCC(C)(C)CC1)C1CNC(C)(C)C1. The molecule has 1 aliphatic heterocycles. The minimum atomic E-state index is 0.340. The Labute approximate surface area is 107 Å². The van der Waals surface area contributed by atoms with Gasteiger partial charge in [0.2, 0.25) is 0 Å². The summed E-state index contributed by atoms with van der Waals surface area (Å²) < 4.78 is 0. The van der Waals surface area contributed by atoms with Crippen LogP contribution in [0.15, 0.2) is 0 Å². The van der Waals surface area contributed by atoms with Crippen LogP contribution in [0.2, 0.25) is 0 Å². The van der Waals surface area contributed by atoms with Gasteiger partial charge in [-0.3, -0.25) is 4.90 Å². The molecular weight excluding hydrogens is 208 g/mol. The third kappa shape index (κ3) is 3.23. The van der Waals surface area contributed by atoms with E-state index in [4.69, 9.17) is 0 Å². The van der Waals surface area contributed by atoms with Crippen LogP contribution in [0.5, 0.6) is 0 Å². The van der Waals surface area contributed by atoms with Crippen LogP contribution in [-0.4, -0.2) is 36.1 Å². The quantitative estimate of drug-likeness (QED) is 0.795. The van der Waals surface area contributed by atoms with E-state index in [1.165, 1.54) is 38.6 Å². The standard InChI is InChI=1S/C15H30N2/c1-14(2)8-6-12(7-9-14)17(5)13-10-15(3,4)16-11-13/h12-13,16H,6-11H2,1-5H3. The zero-order valence-corrected chi connectivity index (χ0v) is 12.3. The Morgan fingerprint density at radius 1 is 1.00 bits per heavy atom. The van der Waals surface area contributed by atoms with Gasteiger partial charge in [-0.25, -0.2) is 0 Å². The van der Waals surface area contributed by atoms with Gasteiger partial charge in [0.25, 0.3) is 0 Å². The topological polar surface area (TPSA) is 15.3 Å². The number of hydrogen-bond donors (Lipinski definition) is 1. The van der Waals surface area contributed by atoms with E-state index in [0.29, 0.717) is 11.0 Å². The highest BCUT2D eigenvalue weighted by Crippen LogP contribution is 2.37. The highest BCUT2D eigenvalue weighted by Gasteiger charge is 2.36. The summed E-state index contributed by atoms with van der Waals surface area (Å²) >= 11 is 0. The van der Waals surface area contributed by atoms with Crippen LogP contribution in [-0.2, 0) is 0 Å². The molecule has 100 valence electrons. The van der Waals surface area contributed by atoms with E-state index in [9.17, 15) is 0 Å².